The summed E-state index contributed by atoms with van der Waals surface area (Å²) in [6.07, 6.45) is 3.71. The van der Waals surface area contributed by atoms with Gasteiger partial charge < -0.3 is 19.5 Å². The van der Waals surface area contributed by atoms with Gasteiger partial charge in [0.25, 0.3) is 0 Å². The Morgan fingerprint density at radius 3 is 2.66 bits per heavy atom. The fraction of sp³-hybridized carbons (Fsp3) is 0.286. The van der Waals surface area contributed by atoms with Crippen molar-refractivity contribution in [3.8, 4) is 17.3 Å². The number of benzene rings is 2. The number of fused-ring (bicyclic) bond motifs is 3. The lowest BCUT2D eigenvalue weighted by Crippen LogP contribution is -2.42. The largest absolute Gasteiger partial charge is 0.497 e. The van der Waals surface area contributed by atoms with Crippen molar-refractivity contribution in [3.05, 3.63) is 95.4 Å². The summed E-state index contributed by atoms with van der Waals surface area (Å²) in [5, 5.41) is 8.11. The van der Waals surface area contributed by atoms with E-state index in [2.05, 4.69) is 54.2 Å². The number of nitrogens with one attached hydrogen (secondary N) is 1. The van der Waals surface area contributed by atoms with Gasteiger partial charge in [0.1, 0.15) is 11.6 Å². The Labute approximate surface area is 205 Å². The molecule has 0 saturated heterocycles. The minimum atomic E-state index is -0.293. The number of carbonyl (C=O) groups is 1. The van der Waals surface area contributed by atoms with Crippen molar-refractivity contribution < 1.29 is 9.53 Å². The Hall–Kier alpha value is -4.00. The molecule has 180 valence electrons. The molecule has 0 aliphatic carbocycles. The molecule has 0 radical (unpaired) electrons. The third kappa shape index (κ3) is 4.07. The normalized spacial score (nSPS) is 14.7. The molecule has 1 aliphatic rings. The number of aryl methyl sites for hydroxylation is 1. The standard InChI is InChI=1S/C28H31N5O2/c1-4-16-29-28(34)32-19-23-24(5-2)30-33(21-12-7-6-8-13-21)27(23)31-17-10-15-25(31)26(32)20-11-9-14-22(18-20)35-3/h6-15,17-18,26H,4-5,16,19H2,1-3H3,(H,29,34). The van der Waals surface area contributed by atoms with Crippen LogP contribution in [0, 0.1) is 0 Å². The maximum absolute atomic E-state index is 13.6. The molecule has 2 aromatic carbocycles. The summed E-state index contributed by atoms with van der Waals surface area (Å²) in [4.78, 5) is 15.5. The first kappa shape index (κ1) is 22.8. The molecular formula is C28H31N5O2. The van der Waals surface area contributed by atoms with Crippen molar-refractivity contribution in [1.29, 1.82) is 0 Å². The van der Waals surface area contributed by atoms with Gasteiger partial charge in [-0.25, -0.2) is 9.48 Å². The molecule has 4 aromatic rings. The molecular weight excluding hydrogens is 438 g/mol. The molecule has 35 heavy (non-hydrogen) atoms. The summed E-state index contributed by atoms with van der Waals surface area (Å²) < 4.78 is 9.72. The van der Waals surface area contributed by atoms with E-state index in [9.17, 15) is 4.79 Å². The highest BCUT2D eigenvalue weighted by atomic mass is 16.5. The fourth-order valence-corrected chi connectivity index (χ4v) is 4.84. The topological polar surface area (TPSA) is 64.3 Å². The highest BCUT2D eigenvalue weighted by Gasteiger charge is 2.36. The number of carbonyl (C=O) groups excluding carboxylic acids is 1. The second kappa shape index (κ2) is 9.70. The lowest BCUT2D eigenvalue weighted by atomic mass is 10.0. The zero-order valence-electron chi connectivity index (χ0n) is 20.4. The second-order valence-electron chi connectivity index (χ2n) is 8.69. The molecule has 7 heteroatoms. The van der Waals surface area contributed by atoms with Crippen molar-refractivity contribution in [2.45, 2.75) is 39.3 Å². The van der Waals surface area contributed by atoms with E-state index in [0.717, 1.165) is 52.6 Å². The number of urea groups is 1. The first-order valence-electron chi connectivity index (χ1n) is 12.2. The Morgan fingerprint density at radius 1 is 1.09 bits per heavy atom. The van der Waals surface area contributed by atoms with Crippen LogP contribution in [0.25, 0.3) is 11.5 Å². The second-order valence-corrected chi connectivity index (χ2v) is 8.69. The molecule has 3 heterocycles. The van der Waals surface area contributed by atoms with E-state index in [1.54, 1.807) is 7.11 Å². The number of rotatable bonds is 6. The van der Waals surface area contributed by atoms with Gasteiger partial charge in [-0.15, -0.1) is 0 Å². The van der Waals surface area contributed by atoms with E-state index in [1.165, 1.54) is 0 Å². The molecule has 1 N–H and O–H groups in total. The van der Waals surface area contributed by atoms with Crippen molar-refractivity contribution in [2.24, 2.45) is 0 Å². The minimum Gasteiger partial charge on any atom is -0.497 e. The van der Waals surface area contributed by atoms with Crippen molar-refractivity contribution >= 4 is 6.03 Å². The highest BCUT2D eigenvalue weighted by Crippen LogP contribution is 2.39. The molecule has 7 nitrogen and oxygen atoms in total. The molecule has 0 fully saturated rings. The van der Waals surface area contributed by atoms with Crippen molar-refractivity contribution in [2.75, 3.05) is 13.7 Å². The van der Waals surface area contributed by atoms with Crippen LogP contribution in [0.1, 0.15) is 48.8 Å². The zero-order valence-corrected chi connectivity index (χ0v) is 20.4. The van der Waals surface area contributed by atoms with Crippen LogP contribution < -0.4 is 10.1 Å². The van der Waals surface area contributed by atoms with Gasteiger partial charge in [-0.1, -0.05) is 44.2 Å². The number of aromatic nitrogens is 3. The first-order chi connectivity index (χ1) is 17.2. The van der Waals surface area contributed by atoms with E-state index < -0.39 is 0 Å². The van der Waals surface area contributed by atoms with Gasteiger partial charge >= 0.3 is 6.03 Å². The molecule has 1 aliphatic heterocycles. The van der Waals surface area contributed by atoms with E-state index in [0.29, 0.717) is 13.1 Å². The van der Waals surface area contributed by atoms with Crippen LogP contribution >= 0.6 is 0 Å². The van der Waals surface area contributed by atoms with Crippen molar-refractivity contribution in [1.82, 2.24) is 24.6 Å². The van der Waals surface area contributed by atoms with E-state index in [-0.39, 0.29) is 12.1 Å². The molecule has 0 spiro atoms. The number of para-hydroxylation sites is 1. The Kier molecular flexibility index (Phi) is 6.31. The molecule has 1 unspecified atom stereocenters. The van der Waals surface area contributed by atoms with Gasteiger partial charge in [-0.05, 0) is 54.8 Å². The van der Waals surface area contributed by atoms with Crippen LogP contribution in [-0.4, -0.2) is 38.9 Å². The monoisotopic (exact) mass is 469 g/mol. The maximum Gasteiger partial charge on any atom is 0.318 e. The zero-order chi connectivity index (χ0) is 24.4. The lowest BCUT2D eigenvalue weighted by molar-refractivity contribution is 0.180. The van der Waals surface area contributed by atoms with Crippen LogP contribution in [0.5, 0.6) is 5.75 Å². The fourth-order valence-electron chi connectivity index (χ4n) is 4.84. The average Bonchev–Trinajstić information content (AvgIpc) is 3.48. The quantitative estimate of drug-likeness (QED) is 0.419. The molecule has 0 bridgehead atoms. The SMILES string of the molecule is CCCNC(=O)N1Cc2c(CC)nn(-c3ccccc3)c2-n2cccc2C1c1cccc(OC)c1. The maximum atomic E-state index is 13.6. The number of methoxy groups -OCH3 is 1. The third-order valence-corrected chi connectivity index (χ3v) is 6.50. The Bertz CT molecular complexity index is 1320. The molecule has 5 rings (SSSR count). The van der Waals surface area contributed by atoms with Gasteiger partial charge in [0.15, 0.2) is 0 Å². The number of ether oxygens (including phenoxy) is 1. The van der Waals surface area contributed by atoms with E-state index >= 15 is 0 Å². The summed E-state index contributed by atoms with van der Waals surface area (Å²) in [6.45, 7) is 5.24. The summed E-state index contributed by atoms with van der Waals surface area (Å²) in [7, 11) is 1.67. The van der Waals surface area contributed by atoms with Crippen molar-refractivity contribution in [3.63, 3.8) is 0 Å². The number of nitrogens with zero attached hydrogens (tertiary/aromatic N) is 4. The molecule has 2 aromatic heterocycles. The summed E-state index contributed by atoms with van der Waals surface area (Å²) in [5.74, 6) is 1.74. The van der Waals surface area contributed by atoms with Crippen LogP contribution in [-0.2, 0) is 13.0 Å². The van der Waals surface area contributed by atoms with Gasteiger partial charge in [0.05, 0.1) is 36.8 Å². The summed E-state index contributed by atoms with van der Waals surface area (Å²) in [5.41, 5.74) is 5.04. The van der Waals surface area contributed by atoms with E-state index in [4.69, 9.17) is 9.84 Å². The number of amides is 2. The first-order valence-corrected chi connectivity index (χ1v) is 12.2. The van der Waals surface area contributed by atoms with Crippen LogP contribution in [0.2, 0.25) is 0 Å². The smallest absolute Gasteiger partial charge is 0.318 e. The molecule has 0 saturated carbocycles. The lowest BCUT2D eigenvalue weighted by Gasteiger charge is -2.31. The van der Waals surface area contributed by atoms with Gasteiger partial charge in [0, 0.05) is 18.3 Å². The third-order valence-electron chi connectivity index (χ3n) is 6.50. The summed E-state index contributed by atoms with van der Waals surface area (Å²) >= 11 is 0. The van der Waals surface area contributed by atoms with Crippen LogP contribution in [0.3, 0.4) is 0 Å². The molecule has 1 atom stereocenters. The number of hydrogen-bond acceptors (Lipinski definition) is 3. The van der Waals surface area contributed by atoms with Crippen LogP contribution in [0.4, 0.5) is 4.79 Å². The van der Waals surface area contributed by atoms with Crippen LogP contribution in [0.15, 0.2) is 72.9 Å². The average molecular weight is 470 g/mol. The van der Waals surface area contributed by atoms with Gasteiger partial charge in [0.2, 0.25) is 0 Å². The highest BCUT2D eigenvalue weighted by molar-refractivity contribution is 5.76. The Balaban J connectivity index is 1.75. The molecule has 2 amide bonds. The number of hydrogen-bond donors (Lipinski definition) is 1. The van der Waals surface area contributed by atoms with Gasteiger partial charge in [-0.2, -0.15) is 5.10 Å². The summed E-state index contributed by atoms with van der Waals surface area (Å²) in [6, 6.07) is 21.9. The van der Waals surface area contributed by atoms with E-state index in [1.807, 2.05) is 52.0 Å². The Morgan fingerprint density at radius 2 is 1.91 bits per heavy atom. The predicted molar refractivity (Wildman–Crippen MR) is 136 cm³/mol. The minimum absolute atomic E-state index is 0.0882. The van der Waals surface area contributed by atoms with Gasteiger partial charge in [-0.3, -0.25) is 0 Å². The predicted octanol–water partition coefficient (Wildman–Crippen LogP) is 5.26.